The van der Waals surface area contributed by atoms with E-state index in [1.165, 1.54) is 16.7 Å². The number of nitrogens with one attached hydrogen (secondary N) is 1. The predicted molar refractivity (Wildman–Crippen MR) is 76.7 cm³/mol. The van der Waals surface area contributed by atoms with E-state index in [-0.39, 0.29) is 5.75 Å². The highest BCUT2D eigenvalue weighted by molar-refractivity contribution is 7.99. The van der Waals surface area contributed by atoms with E-state index in [1.807, 2.05) is 0 Å². The van der Waals surface area contributed by atoms with Crippen LogP contribution in [0.25, 0.3) is 0 Å². The molecule has 0 bridgehead atoms. The minimum atomic E-state index is -1.07. The summed E-state index contributed by atoms with van der Waals surface area (Å²) in [7, 11) is 0. The summed E-state index contributed by atoms with van der Waals surface area (Å²) in [6, 6.07) is 0. The number of aryl methyl sites for hydroxylation is 1. The van der Waals surface area contributed by atoms with Crippen molar-refractivity contribution in [3.05, 3.63) is 5.82 Å². The molecule has 6 nitrogen and oxygen atoms in total. The smallest absolute Gasteiger partial charge is 0.191 e. The zero-order valence-corrected chi connectivity index (χ0v) is 13.3. The number of nitrogens with zero attached hydrogens (tertiary/aromatic N) is 3. The molecular weight excluding hydrogens is 276 g/mol. The van der Waals surface area contributed by atoms with Crippen molar-refractivity contribution in [3.63, 3.8) is 0 Å². The molecule has 1 aromatic rings. The Morgan fingerprint density at radius 3 is 2.55 bits per heavy atom. The quantitative estimate of drug-likeness (QED) is 0.561. The summed E-state index contributed by atoms with van der Waals surface area (Å²) in [6.07, 6.45) is 1.87. The molecule has 1 aromatic heterocycles. The van der Waals surface area contributed by atoms with E-state index < -0.39 is 5.97 Å². The van der Waals surface area contributed by atoms with Crippen molar-refractivity contribution in [3.8, 4) is 0 Å². The van der Waals surface area contributed by atoms with Gasteiger partial charge in [-0.25, -0.2) is 0 Å². The van der Waals surface area contributed by atoms with Crippen molar-refractivity contribution in [2.24, 2.45) is 0 Å². The van der Waals surface area contributed by atoms with E-state index in [0.717, 1.165) is 44.8 Å². The van der Waals surface area contributed by atoms with Crippen molar-refractivity contribution in [2.75, 3.05) is 25.4 Å². The standard InChI is InChI=1S/C13H24N4O2S/c1-4-7-11-14-15-13(20-10-12(18)19)17(11)9-8-16(5-2)6-3/h4-10H2,1-3H3,(H,18,19). The third-order valence-electron chi connectivity index (χ3n) is 3.28. The predicted octanol–water partition coefficient (Wildman–Crippen LogP) is -1.00. The first-order valence-corrected chi connectivity index (χ1v) is 8.19. The third-order valence-corrected chi connectivity index (χ3v) is 4.22. The summed E-state index contributed by atoms with van der Waals surface area (Å²) in [5.41, 5.74) is 0. The van der Waals surface area contributed by atoms with Crippen LogP contribution in [0.15, 0.2) is 5.16 Å². The zero-order valence-electron chi connectivity index (χ0n) is 12.5. The average Bonchev–Trinajstić information content (AvgIpc) is 2.80. The fourth-order valence-corrected chi connectivity index (χ4v) is 2.75. The Labute approximate surface area is 124 Å². The van der Waals surface area contributed by atoms with E-state index >= 15 is 0 Å². The number of likely N-dealkylation sites (N-methyl/N-ethyl adjacent to an activating group) is 1. The maximum atomic E-state index is 10.6. The lowest BCUT2D eigenvalue weighted by Gasteiger charge is -2.17. The lowest BCUT2D eigenvalue weighted by Crippen LogP contribution is -3.11. The van der Waals surface area contributed by atoms with Gasteiger partial charge in [-0.05, 0) is 20.3 Å². The fraction of sp³-hybridized carbons (Fsp3) is 0.769. The first kappa shape index (κ1) is 17.0. The van der Waals surface area contributed by atoms with Crippen LogP contribution >= 0.6 is 11.8 Å². The minimum absolute atomic E-state index is 0.0810. The van der Waals surface area contributed by atoms with E-state index in [1.54, 1.807) is 0 Å². The van der Waals surface area contributed by atoms with Crippen LogP contribution in [0.1, 0.15) is 33.0 Å². The molecule has 7 heteroatoms. The molecule has 0 saturated heterocycles. The summed E-state index contributed by atoms with van der Waals surface area (Å²) in [4.78, 5) is 12.1. The maximum Gasteiger partial charge on any atom is 0.191 e. The van der Waals surface area contributed by atoms with E-state index in [9.17, 15) is 9.90 Å². The second-order valence-corrected chi connectivity index (χ2v) is 5.61. The molecule has 0 aliphatic heterocycles. The van der Waals surface area contributed by atoms with Gasteiger partial charge in [-0.2, -0.15) is 0 Å². The van der Waals surface area contributed by atoms with Gasteiger partial charge in [-0.3, -0.25) is 0 Å². The summed E-state index contributed by atoms with van der Waals surface area (Å²) in [6.45, 7) is 10.4. The Morgan fingerprint density at radius 1 is 1.30 bits per heavy atom. The Morgan fingerprint density at radius 2 is 2.00 bits per heavy atom. The molecule has 0 unspecified atom stereocenters. The Kier molecular flexibility index (Phi) is 7.61. The monoisotopic (exact) mass is 300 g/mol. The van der Waals surface area contributed by atoms with E-state index in [2.05, 4.69) is 35.5 Å². The molecule has 1 N–H and O–H groups in total. The molecule has 0 saturated carbocycles. The highest BCUT2D eigenvalue weighted by atomic mass is 32.2. The lowest BCUT2D eigenvalue weighted by atomic mass is 10.3. The van der Waals surface area contributed by atoms with Crippen LogP contribution in [0.2, 0.25) is 0 Å². The molecule has 1 heterocycles. The van der Waals surface area contributed by atoms with Crippen molar-refractivity contribution < 1.29 is 14.8 Å². The molecule has 0 radical (unpaired) electrons. The van der Waals surface area contributed by atoms with Gasteiger partial charge in [0.25, 0.3) is 0 Å². The number of carbonyl (C=O) groups excluding carboxylic acids is 1. The first-order valence-electron chi connectivity index (χ1n) is 7.20. The van der Waals surface area contributed by atoms with Gasteiger partial charge in [0, 0.05) is 12.2 Å². The van der Waals surface area contributed by atoms with Gasteiger partial charge < -0.3 is 19.4 Å². The van der Waals surface area contributed by atoms with Crippen LogP contribution in [-0.2, 0) is 17.8 Å². The number of hydrogen-bond donors (Lipinski definition) is 1. The Hall–Kier alpha value is -1.08. The van der Waals surface area contributed by atoms with E-state index in [0.29, 0.717) is 5.16 Å². The fourth-order valence-electron chi connectivity index (χ4n) is 2.06. The first-order chi connectivity index (χ1) is 9.62. The lowest BCUT2D eigenvalue weighted by molar-refractivity contribution is -0.897. The molecule has 0 atom stereocenters. The number of carboxylic acid groups (broad SMARTS) is 1. The number of carbonyl (C=O) groups is 1. The SMILES string of the molecule is CCCc1nnc(SCC(=O)[O-])n1CC[NH+](CC)CC. The van der Waals surface area contributed by atoms with Crippen LogP contribution in [0, 0.1) is 0 Å². The molecule has 0 aliphatic carbocycles. The minimum Gasteiger partial charge on any atom is -0.549 e. The van der Waals surface area contributed by atoms with Crippen LogP contribution in [0.4, 0.5) is 0 Å². The van der Waals surface area contributed by atoms with Gasteiger partial charge in [0.1, 0.15) is 5.82 Å². The number of thioether (sulfide) groups is 1. The van der Waals surface area contributed by atoms with Gasteiger partial charge in [0.15, 0.2) is 5.16 Å². The van der Waals surface area contributed by atoms with Crippen LogP contribution in [0.5, 0.6) is 0 Å². The van der Waals surface area contributed by atoms with Gasteiger partial charge in [0.05, 0.1) is 32.1 Å². The number of carboxylic acids is 1. The Bertz CT molecular complexity index is 419. The number of hydrogen-bond acceptors (Lipinski definition) is 5. The van der Waals surface area contributed by atoms with Gasteiger partial charge >= 0.3 is 0 Å². The Balaban J connectivity index is 2.76. The number of aromatic nitrogens is 3. The molecule has 20 heavy (non-hydrogen) atoms. The van der Waals surface area contributed by atoms with Gasteiger partial charge in [-0.1, -0.05) is 18.7 Å². The summed E-state index contributed by atoms with van der Waals surface area (Å²) >= 11 is 1.19. The number of aliphatic carboxylic acids is 1. The second-order valence-electron chi connectivity index (χ2n) is 4.67. The molecule has 0 aliphatic rings. The van der Waals surface area contributed by atoms with Crippen molar-refractivity contribution >= 4 is 17.7 Å². The van der Waals surface area contributed by atoms with Crippen LogP contribution in [0.3, 0.4) is 0 Å². The summed E-state index contributed by atoms with van der Waals surface area (Å²) < 4.78 is 2.06. The van der Waals surface area contributed by atoms with E-state index in [4.69, 9.17) is 0 Å². The highest BCUT2D eigenvalue weighted by Gasteiger charge is 2.14. The molecule has 114 valence electrons. The molecule has 0 fully saturated rings. The van der Waals surface area contributed by atoms with Gasteiger partial charge in [-0.15, -0.1) is 10.2 Å². The second kappa shape index (κ2) is 8.97. The van der Waals surface area contributed by atoms with Crippen molar-refractivity contribution in [1.29, 1.82) is 0 Å². The average molecular weight is 300 g/mol. The molecule has 0 aromatic carbocycles. The van der Waals surface area contributed by atoms with Crippen molar-refractivity contribution in [2.45, 2.75) is 45.3 Å². The van der Waals surface area contributed by atoms with Gasteiger partial charge in [0.2, 0.25) is 0 Å². The molecule has 1 rings (SSSR count). The molecule has 0 spiro atoms. The molecule has 0 amide bonds. The van der Waals surface area contributed by atoms with Crippen molar-refractivity contribution in [1.82, 2.24) is 14.8 Å². The van der Waals surface area contributed by atoms with Crippen LogP contribution in [-0.4, -0.2) is 46.1 Å². The summed E-state index contributed by atoms with van der Waals surface area (Å²) in [5, 5.41) is 19.6. The van der Waals surface area contributed by atoms with Crippen LogP contribution < -0.4 is 10.0 Å². The third kappa shape index (κ3) is 5.13. The zero-order chi connectivity index (χ0) is 15.0. The normalized spacial score (nSPS) is 11.2. The topological polar surface area (TPSA) is 75.3 Å². The summed E-state index contributed by atoms with van der Waals surface area (Å²) in [5.74, 6) is -0.210. The largest absolute Gasteiger partial charge is 0.549 e. The highest BCUT2D eigenvalue weighted by Crippen LogP contribution is 2.17. The molecular formula is C13H24N4O2S. The number of quaternary nitrogens is 1. The maximum absolute atomic E-state index is 10.6. The number of rotatable bonds is 10.